The fourth-order valence-electron chi connectivity index (χ4n) is 1.03. The third-order valence-corrected chi connectivity index (χ3v) is 1.89. The average Bonchev–Trinajstić information content (AvgIpc) is 2.02. The summed E-state index contributed by atoms with van der Waals surface area (Å²) in [6, 6.07) is 0. The minimum Gasteiger partial charge on any atom is -0.364 e. The molecule has 0 radical (unpaired) electrons. The molecule has 12 heavy (non-hydrogen) atoms. The molecule has 0 aromatic carbocycles. The van der Waals surface area contributed by atoms with Crippen molar-refractivity contribution in [3.05, 3.63) is 0 Å². The van der Waals surface area contributed by atoms with Crippen molar-refractivity contribution in [1.29, 1.82) is 5.41 Å². The van der Waals surface area contributed by atoms with Gasteiger partial charge in [0.2, 0.25) is 0 Å². The topological polar surface area (TPSA) is 30.3 Å². The van der Waals surface area contributed by atoms with E-state index in [1.807, 2.05) is 18.9 Å². The minimum atomic E-state index is 0.730. The van der Waals surface area contributed by atoms with Gasteiger partial charge in [-0.25, -0.2) is 0 Å². The van der Waals surface area contributed by atoms with Crippen molar-refractivity contribution < 1.29 is 0 Å². The standard InChI is InChI=1S/C9H21N3/c1-5-9(10)12(4)8-6-7-11(2)3/h10H,5-8H2,1-4H3. The van der Waals surface area contributed by atoms with Crippen molar-refractivity contribution in [2.75, 3.05) is 34.2 Å². The molecule has 0 saturated heterocycles. The molecule has 0 rings (SSSR count). The number of nitrogens with zero attached hydrogens (tertiary/aromatic N) is 2. The maximum atomic E-state index is 7.54. The van der Waals surface area contributed by atoms with Crippen molar-refractivity contribution in [2.45, 2.75) is 19.8 Å². The molecule has 0 aliphatic heterocycles. The second-order valence-electron chi connectivity index (χ2n) is 3.38. The van der Waals surface area contributed by atoms with Crippen LogP contribution in [0.1, 0.15) is 19.8 Å². The zero-order valence-electron chi connectivity index (χ0n) is 8.72. The van der Waals surface area contributed by atoms with Gasteiger partial charge in [0.1, 0.15) is 0 Å². The van der Waals surface area contributed by atoms with E-state index in [1.165, 1.54) is 0 Å². The normalized spacial score (nSPS) is 10.4. The lowest BCUT2D eigenvalue weighted by molar-refractivity contribution is 0.367. The molecule has 0 amide bonds. The third-order valence-electron chi connectivity index (χ3n) is 1.89. The highest BCUT2D eigenvalue weighted by Gasteiger charge is 2.00. The predicted molar refractivity (Wildman–Crippen MR) is 53.8 cm³/mol. The van der Waals surface area contributed by atoms with Gasteiger partial charge < -0.3 is 9.80 Å². The first-order valence-corrected chi connectivity index (χ1v) is 4.51. The Hall–Kier alpha value is -0.570. The van der Waals surface area contributed by atoms with Crippen LogP contribution in [0, 0.1) is 5.41 Å². The first-order valence-electron chi connectivity index (χ1n) is 4.51. The lowest BCUT2D eigenvalue weighted by Gasteiger charge is -2.19. The van der Waals surface area contributed by atoms with Crippen LogP contribution >= 0.6 is 0 Å². The summed E-state index contributed by atoms with van der Waals surface area (Å²) in [6.45, 7) is 4.11. The van der Waals surface area contributed by atoms with E-state index in [4.69, 9.17) is 5.41 Å². The molecule has 0 aliphatic carbocycles. The van der Waals surface area contributed by atoms with Gasteiger partial charge in [0, 0.05) is 20.0 Å². The van der Waals surface area contributed by atoms with E-state index in [0.29, 0.717) is 0 Å². The molecular weight excluding hydrogens is 150 g/mol. The summed E-state index contributed by atoms with van der Waals surface area (Å²) in [5.41, 5.74) is 0. The van der Waals surface area contributed by atoms with Crippen molar-refractivity contribution in [3.8, 4) is 0 Å². The summed E-state index contributed by atoms with van der Waals surface area (Å²) in [5.74, 6) is 0.730. The van der Waals surface area contributed by atoms with Gasteiger partial charge >= 0.3 is 0 Å². The van der Waals surface area contributed by atoms with Crippen LogP contribution in [0.5, 0.6) is 0 Å². The van der Waals surface area contributed by atoms with E-state index < -0.39 is 0 Å². The third kappa shape index (κ3) is 5.13. The van der Waals surface area contributed by atoms with Gasteiger partial charge in [0.05, 0.1) is 5.84 Å². The van der Waals surface area contributed by atoms with Crippen LogP contribution in [0.25, 0.3) is 0 Å². The molecule has 0 fully saturated rings. The van der Waals surface area contributed by atoms with Crippen LogP contribution in [-0.2, 0) is 0 Å². The summed E-state index contributed by atoms with van der Waals surface area (Å²) in [6.07, 6.45) is 1.96. The molecule has 1 N–H and O–H groups in total. The van der Waals surface area contributed by atoms with E-state index in [0.717, 1.165) is 31.8 Å². The van der Waals surface area contributed by atoms with Crippen LogP contribution in [0.2, 0.25) is 0 Å². The minimum absolute atomic E-state index is 0.730. The molecule has 3 nitrogen and oxygen atoms in total. The Bertz CT molecular complexity index is 132. The number of nitrogens with one attached hydrogen (secondary N) is 1. The molecule has 72 valence electrons. The summed E-state index contributed by atoms with van der Waals surface area (Å²) in [7, 11) is 6.14. The molecule has 0 heterocycles. The monoisotopic (exact) mass is 171 g/mol. The molecule has 0 saturated carbocycles. The number of hydrogen-bond donors (Lipinski definition) is 1. The second-order valence-corrected chi connectivity index (χ2v) is 3.38. The molecule has 0 aliphatic rings. The van der Waals surface area contributed by atoms with Gasteiger partial charge in [-0.15, -0.1) is 0 Å². The highest BCUT2D eigenvalue weighted by Crippen LogP contribution is 1.93. The van der Waals surface area contributed by atoms with E-state index >= 15 is 0 Å². The van der Waals surface area contributed by atoms with Gasteiger partial charge in [-0.1, -0.05) is 6.92 Å². The average molecular weight is 171 g/mol. The van der Waals surface area contributed by atoms with Crippen LogP contribution in [0.3, 0.4) is 0 Å². The molecule has 0 bridgehead atoms. The first kappa shape index (κ1) is 11.4. The zero-order valence-corrected chi connectivity index (χ0v) is 8.72. The Labute approximate surface area is 75.9 Å². The Morgan fingerprint density at radius 2 is 1.75 bits per heavy atom. The molecule has 0 unspecified atom stereocenters. The van der Waals surface area contributed by atoms with Crippen molar-refractivity contribution >= 4 is 5.84 Å². The Morgan fingerprint density at radius 1 is 1.17 bits per heavy atom. The fourth-order valence-corrected chi connectivity index (χ4v) is 1.03. The second kappa shape index (κ2) is 6.00. The van der Waals surface area contributed by atoms with Gasteiger partial charge in [0.15, 0.2) is 0 Å². The molecule has 0 aromatic heterocycles. The van der Waals surface area contributed by atoms with Gasteiger partial charge in [-0.2, -0.15) is 0 Å². The van der Waals surface area contributed by atoms with Crippen LogP contribution < -0.4 is 0 Å². The first-order chi connectivity index (χ1) is 5.57. The predicted octanol–water partition coefficient (Wildman–Crippen LogP) is 1.26. The lowest BCUT2D eigenvalue weighted by Crippen LogP contribution is -2.28. The van der Waals surface area contributed by atoms with Crippen LogP contribution in [-0.4, -0.2) is 49.9 Å². The van der Waals surface area contributed by atoms with Gasteiger partial charge in [-0.3, -0.25) is 5.41 Å². The summed E-state index contributed by atoms with van der Waals surface area (Å²) >= 11 is 0. The van der Waals surface area contributed by atoms with E-state index in [2.05, 4.69) is 19.0 Å². The highest BCUT2D eigenvalue weighted by atomic mass is 15.1. The van der Waals surface area contributed by atoms with E-state index in [1.54, 1.807) is 0 Å². The van der Waals surface area contributed by atoms with Crippen molar-refractivity contribution in [1.82, 2.24) is 9.80 Å². The van der Waals surface area contributed by atoms with E-state index in [-0.39, 0.29) is 0 Å². The molecule has 0 spiro atoms. The van der Waals surface area contributed by atoms with Crippen molar-refractivity contribution in [3.63, 3.8) is 0 Å². The quantitative estimate of drug-likeness (QED) is 0.498. The van der Waals surface area contributed by atoms with Crippen LogP contribution in [0.15, 0.2) is 0 Å². The molecule has 0 atom stereocenters. The summed E-state index contributed by atoms with van der Waals surface area (Å²) in [4.78, 5) is 4.19. The Morgan fingerprint density at radius 3 is 2.17 bits per heavy atom. The SMILES string of the molecule is CCC(=N)N(C)CCCN(C)C. The fraction of sp³-hybridized carbons (Fsp3) is 0.889. The van der Waals surface area contributed by atoms with Gasteiger partial charge in [-0.05, 0) is 27.1 Å². The smallest absolute Gasteiger partial charge is 0.0952 e. The number of hydrogen-bond acceptors (Lipinski definition) is 2. The molecule has 3 heteroatoms. The summed E-state index contributed by atoms with van der Waals surface area (Å²) in [5, 5.41) is 7.54. The zero-order chi connectivity index (χ0) is 9.56. The summed E-state index contributed by atoms with van der Waals surface area (Å²) < 4.78 is 0. The Balaban J connectivity index is 3.43. The number of amidine groups is 1. The Kier molecular flexibility index (Phi) is 5.72. The maximum absolute atomic E-state index is 7.54. The number of rotatable bonds is 5. The maximum Gasteiger partial charge on any atom is 0.0952 e. The van der Waals surface area contributed by atoms with Gasteiger partial charge in [0.25, 0.3) is 0 Å². The molecular formula is C9H21N3. The van der Waals surface area contributed by atoms with Crippen molar-refractivity contribution in [2.24, 2.45) is 0 Å². The largest absolute Gasteiger partial charge is 0.364 e. The lowest BCUT2D eigenvalue weighted by atomic mass is 10.3. The highest BCUT2D eigenvalue weighted by molar-refractivity contribution is 5.78. The molecule has 0 aromatic rings. The van der Waals surface area contributed by atoms with E-state index in [9.17, 15) is 0 Å². The van der Waals surface area contributed by atoms with Crippen LogP contribution in [0.4, 0.5) is 0 Å².